The zero-order valence-electron chi connectivity index (χ0n) is 10.3. The third-order valence-corrected chi connectivity index (χ3v) is 2.91. The number of aryl methyl sites for hydroxylation is 1. The standard InChI is InChI=1S/C15H16N2O/c1-11-4-2-3-5-13(11)10-17-14-8-6-12(7-9-14)15(16)18/h2-9,17H,10H2,1H3,(H2,16,18). The Hall–Kier alpha value is -2.29. The number of hydrogen-bond acceptors (Lipinski definition) is 2. The van der Waals surface area contributed by atoms with Gasteiger partial charge in [0.1, 0.15) is 0 Å². The predicted octanol–water partition coefficient (Wildman–Crippen LogP) is 2.71. The van der Waals surface area contributed by atoms with E-state index in [1.165, 1.54) is 11.1 Å². The third-order valence-electron chi connectivity index (χ3n) is 2.91. The van der Waals surface area contributed by atoms with Gasteiger partial charge in [0.2, 0.25) is 5.91 Å². The largest absolute Gasteiger partial charge is 0.381 e. The highest BCUT2D eigenvalue weighted by atomic mass is 16.1. The van der Waals surface area contributed by atoms with Crippen LogP contribution in [0.25, 0.3) is 0 Å². The van der Waals surface area contributed by atoms with Gasteiger partial charge in [0.05, 0.1) is 0 Å². The van der Waals surface area contributed by atoms with Crippen LogP contribution in [-0.4, -0.2) is 5.91 Å². The van der Waals surface area contributed by atoms with Crippen molar-refractivity contribution in [2.24, 2.45) is 5.73 Å². The first kappa shape index (κ1) is 12.2. The summed E-state index contributed by atoms with van der Waals surface area (Å²) in [6, 6.07) is 15.4. The summed E-state index contributed by atoms with van der Waals surface area (Å²) < 4.78 is 0. The SMILES string of the molecule is Cc1ccccc1CNc1ccc(C(N)=O)cc1. The average Bonchev–Trinajstić information content (AvgIpc) is 2.38. The molecule has 0 saturated heterocycles. The number of benzene rings is 2. The van der Waals surface area contributed by atoms with Crippen LogP contribution in [-0.2, 0) is 6.54 Å². The molecular weight excluding hydrogens is 224 g/mol. The zero-order chi connectivity index (χ0) is 13.0. The lowest BCUT2D eigenvalue weighted by atomic mass is 10.1. The number of anilines is 1. The van der Waals surface area contributed by atoms with Gasteiger partial charge in [-0.05, 0) is 42.3 Å². The minimum Gasteiger partial charge on any atom is -0.381 e. The van der Waals surface area contributed by atoms with Crippen molar-refractivity contribution in [3.63, 3.8) is 0 Å². The molecule has 2 aromatic rings. The summed E-state index contributed by atoms with van der Waals surface area (Å²) >= 11 is 0. The molecule has 3 N–H and O–H groups in total. The second-order valence-electron chi connectivity index (χ2n) is 4.22. The van der Waals surface area contributed by atoms with E-state index in [4.69, 9.17) is 5.73 Å². The summed E-state index contributed by atoms with van der Waals surface area (Å²) in [4.78, 5) is 10.9. The normalized spacial score (nSPS) is 10.1. The zero-order valence-corrected chi connectivity index (χ0v) is 10.3. The fraction of sp³-hybridized carbons (Fsp3) is 0.133. The van der Waals surface area contributed by atoms with Crippen LogP contribution < -0.4 is 11.1 Å². The van der Waals surface area contributed by atoms with E-state index in [0.717, 1.165) is 12.2 Å². The highest BCUT2D eigenvalue weighted by molar-refractivity contribution is 5.93. The van der Waals surface area contributed by atoms with Gasteiger partial charge in [0.15, 0.2) is 0 Å². The van der Waals surface area contributed by atoms with Crippen LogP contribution in [0.4, 0.5) is 5.69 Å². The van der Waals surface area contributed by atoms with Gasteiger partial charge in [-0.2, -0.15) is 0 Å². The molecule has 0 unspecified atom stereocenters. The van der Waals surface area contributed by atoms with E-state index in [1.807, 2.05) is 24.3 Å². The minimum atomic E-state index is -0.402. The number of nitrogens with one attached hydrogen (secondary N) is 1. The van der Waals surface area contributed by atoms with Gasteiger partial charge in [-0.3, -0.25) is 4.79 Å². The van der Waals surface area contributed by atoms with Crippen molar-refractivity contribution in [1.82, 2.24) is 0 Å². The molecule has 0 atom stereocenters. The topological polar surface area (TPSA) is 55.1 Å². The summed E-state index contributed by atoms with van der Waals surface area (Å²) in [6.45, 7) is 2.86. The Morgan fingerprint density at radius 3 is 2.39 bits per heavy atom. The lowest BCUT2D eigenvalue weighted by molar-refractivity contribution is 0.100. The van der Waals surface area contributed by atoms with Crippen LogP contribution in [0.15, 0.2) is 48.5 Å². The van der Waals surface area contributed by atoms with E-state index in [2.05, 4.69) is 24.4 Å². The molecule has 0 fully saturated rings. The highest BCUT2D eigenvalue weighted by Crippen LogP contribution is 2.13. The molecule has 0 radical (unpaired) electrons. The van der Waals surface area contributed by atoms with Crippen molar-refractivity contribution in [1.29, 1.82) is 0 Å². The van der Waals surface area contributed by atoms with Gasteiger partial charge >= 0.3 is 0 Å². The fourth-order valence-corrected chi connectivity index (χ4v) is 1.76. The summed E-state index contributed by atoms with van der Waals surface area (Å²) in [6.07, 6.45) is 0. The molecular formula is C15H16N2O. The van der Waals surface area contributed by atoms with Gasteiger partial charge in [-0.1, -0.05) is 24.3 Å². The van der Waals surface area contributed by atoms with Crippen molar-refractivity contribution in [3.05, 3.63) is 65.2 Å². The van der Waals surface area contributed by atoms with Crippen LogP contribution >= 0.6 is 0 Å². The predicted molar refractivity (Wildman–Crippen MR) is 73.5 cm³/mol. The van der Waals surface area contributed by atoms with E-state index in [0.29, 0.717) is 5.56 Å². The van der Waals surface area contributed by atoms with Crippen LogP contribution in [0.1, 0.15) is 21.5 Å². The van der Waals surface area contributed by atoms with Crippen molar-refractivity contribution in [2.75, 3.05) is 5.32 Å². The number of carbonyl (C=O) groups is 1. The monoisotopic (exact) mass is 240 g/mol. The molecule has 18 heavy (non-hydrogen) atoms. The molecule has 0 aliphatic rings. The Kier molecular flexibility index (Phi) is 3.63. The quantitative estimate of drug-likeness (QED) is 0.863. The molecule has 3 nitrogen and oxygen atoms in total. The summed E-state index contributed by atoms with van der Waals surface area (Å²) in [5.74, 6) is -0.402. The first-order valence-corrected chi connectivity index (χ1v) is 5.85. The molecule has 0 aliphatic heterocycles. The fourth-order valence-electron chi connectivity index (χ4n) is 1.76. The second-order valence-corrected chi connectivity index (χ2v) is 4.22. The first-order chi connectivity index (χ1) is 8.66. The van der Waals surface area contributed by atoms with Gasteiger partial charge in [0, 0.05) is 17.8 Å². The van der Waals surface area contributed by atoms with Crippen molar-refractivity contribution in [2.45, 2.75) is 13.5 Å². The highest BCUT2D eigenvalue weighted by Gasteiger charge is 2.00. The number of hydrogen-bond donors (Lipinski definition) is 2. The summed E-state index contributed by atoms with van der Waals surface area (Å²) in [5.41, 5.74) is 9.21. The minimum absolute atomic E-state index is 0.402. The smallest absolute Gasteiger partial charge is 0.248 e. The number of nitrogens with two attached hydrogens (primary N) is 1. The van der Waals surface area contributed by atoms with Crippen molar-refractivity contribution < 1.29 is 4.79 Å². The van der Waals surface area contributed by atoms with Crippen LogP contribution in [0.2, 0.25) is 0 Å². The average molecular weight is 240 g/mol. The van der Waals surface area contributed by atoms with E-state index >= 15 is 0 Å². The molecule has 0 bridgehead atoms. The molecule has 92 valence electrons. The Bertz CT molecular complexity index is 547. The van der Waals surface area contributed by atoms with Crippen LogP contribution in [0.3, 0.4) is 0 Å². The molecule has 0 saturated carbocycles. The maximum Gasteiger partial charge on any atom is 0.248 e. The Balaban J connectivity index is 2.02. The van der Waals surface area contributed by atoms with Crippen molar-refractivity contribution >= 4 is 11.6 Å². The Labute approximate surface area is 107 Å². The lowest BCUT2D eigenvalue weighted by Gasteiger charge is -2.09. The van der Waals surface area contributed by atoms with E-state index in [1.54, 1.807) is 12.1 Å². The summed E-state index contributed by atoms with van der Waals surface area (Å²) in [5, 5.41) is 3.32. The molecule has 3 heteroatoms. The molecule has 0 aromatic heterocycles. The lowest BCUT2D eigenvalue weighted by Crippen LogP contribution is -2.10. The molecule has 2 aromatic carbocycles. The van der Waals surface area contributed by atoms with E-state index in [-0.39, 0.29) is 0 Å². The maximum atomic E-state index is 10.9. The van der Waals surface area contributed by atoms with Gasteiger partial charge < -0.3 is 11.1 Å². The van der Waals surface area contributed by atoms with Crippen molar-refractivity contribution in [3.8, 4) is 0 Å². The summed E-state index contributed by atoms with van der Waals surface area (Å²) in [7, 11) is 0. The van der Waals surface area contributed by atoms with E-state index in [9.17, 15) is 4.79 Å². The third kappa shape index (κ3) is 2.88. The maximum absolute atomic E-state index is 10.9. The van der Waals surface area contributed by atoms with Crippen LogP contribution in [0, 0.1) is 6.92 Å². The van der Waals surface area contributed by atoms with Gasteiger partial charge in [-0.25, -0.2) is 0 Å². The molecule has 0 heterocycles. The van der Waals surface area contributed by atoms with E-state index < -0.39 is 5.91 Å². The Morgan fingerprint density at radius 2 is 1.78 bits per heavy atom. The Morgan fingerprint density at radius 1 is 1.11 bits per heavy atom. The van der Waals surface area contributed by atoms with Crippen LogP contribution in [0.5, 0.6) is 0 Å². The number of rotatable bonds is 4. The second kappa shape index (κ2) is 5.36. The van der Waals surface area contributed by atoms with Gasteiger partial charge in [-0.15, -0.1) is 0 Å². The number of amides is 1. The number of primary amides is 1. The first-order valence-electron chi connectivity index (χ1n) is 5.85. The van der Waals surface area contributed by atoms with Gasteiger partial charge in [0.25, 0.3) is 0 Å². The molecule has 1 amide bonds. The molecule has 0 aliphatic carbocycles. The molecule has 2 rings (SSSR count). The molecule has 0 spiro atoms. The number of carbonyl (C=O) groups excluding carboxylic acids is 1.